The summed E-state index contributed by atoms with van der Waals surface area (Å²) in [7, 11) is 0. The summed E-state index contributed by atoms with van der Waals surface area (Å²) in [5, 5.41) is 4.97. The first-order chi connectivity index (χ1) is 14.1. The van der Waals surface area contributed by atoms with Crippen LogP contribution >= 0.6 is 0 Å². The van der Waals surface area contributed by atoms with Gasteiger partial charge in [-0.05, 0) is 35.6 Å². The Bertz CT molecular complexity index is 1260. The molecule has 0 aliphatic rings. The van der Waals surface area contributed by atoms with Crippen molar-refractivity contribution in [1.82, 2.24) is 15.3 Å². The molecule has 4 rings (SSSR count). The van der Waals surface area contributed by atoms with E-state index in [4.69, 9.17) is 4.74 Å². The molecule has 0 atom stereocenters. The molecule has 0 bridgehead atoms. The van der Waals surface area contributed by atoms with Gasteiger partial charge in [0.1, 0.15) is 5.69 Å². The second-order valence-corrected chi connectivity index (χ2v) is 6.63. The van der Waals surface area contributed by atoms with Crippen molar-refractivity contribution in [2.75, 3.05) is 13.2 Å². The highest BCUT2D eigenvalue weighted by atomic mass is 16.5. The second kappa shape index (κ2) is 8.02. The van der Waals surface area contributed by atoms with Crippen LogP contribution in [0.1, 0.15) is 16.1 Å². The molecule has 0 aliphatic heterocycles. The third kappa shape index (κ3) is 4.03. The number of H-pyrrole nitrogens is 2. The number of amides is 1. The Morgan fingerprint density at radius 1 is 1.00 bits per heavy atom. The maximum absolute atomic E-state index is 12.2. The van der Waals surface area contributed by atoms with Gasteiger partial charge in [0.2, 0.25) is 0 Å². The zero-order valence-corrected chi connectivity index (χ0v) is 15.5. The van der Waals surface area contributed by atoms with Gasteiger partial charge in [-0.1, -0.05) is 36.4 Å². The second-order valence-electron chi connectivity index (χ2n) is 6.63. The van der Waals surface area contributed by atoms with Gasteiger partial charge in [0, 0.05) is 29.0 Å². The first-order valence-corrected chi connectivity index (χ1v) is 9.23. The molecule has 0 fully saturated rings. The van der Waals surface area contributed by atoms with E-state index < -0.39 is 18.5 Å². The number of benzene rings is 2. The summed E-state index contributed by atoms with van der Waals surface area (Å²) in [5.41, 5.74) is 1.79. The van der Waals surface area contributed by atoms with Crippen molar-refractivity contribution < 1.29 is 14.3 Å². The molecule has 0 saturated carbocycles. The van der Waals surface area contributed by atoms with Gasteiger partial charge in [-0.15, -0.1) is 0 Å². The number of hydrogen-bond donors (Lipinski definition) is 3. The lowest BCUT2D eigenvalue weighted by molar-refractivity contribution is -0.124. The Hall–Kier alpha value is -3.87. The maximum atomic E-state index is 12.2. The Morgan fingerprint density at radius 2 is 1.76 bits per heavy atom. The number of carbonyl (C=O) groups is 2. The molecule has 0 radical (unpaired) electrons. The fourth-order valence-corrected chi connectivity index (χ4v) is 3.26. The molecule has 29 heavy (non-hydrogen) atoms. The Balaban J connectivity index is 1.30. The quantitative estimate of drug-likeness (QED) is 0.441. The lowest BCUT2D eigenvalue weighted by atomic mass is 10.1. The number of ether oxygens (including phenoxy) is 1. The van der Waals surface area contributed by atoms with Crippen LogP contribution in [0.3, 0.4) is 0 Å². The Kier molecular flexibility index (Phi) is 5.11. The summed E-state index contributed by atoms with van der Waals surface area (Å²) in [6, 6.07) is 16.4. The third-order valence-electron chi connectivity index (χ3n) is 4.70. The molecular formula is C22H19N3O4. The van der Waals surface area contributed by atoms with Gasteiger partial charge in [-0.2, -0.15) is 0 Å². The number of pyridine rings is 1. The van der Waals surface area contributed by atoms with Gasteiger partial charge in [-0.3, -0.25) is 9.59 Å². The normalized spacial score (nSPS) is 10.9. The largest absolute Gasteiger partial charge is 0.451 e. The Labute approximate surface area is 165 Å². The fraction of sp³-hybridized carbons (Fsp3) is 0.136. The lowest BCUT2D eigenvalue weighted by Crippen LogP contribution is -2.30. The van der Waals surface area contributed by atoms with Crippen LogP contribution in [0.15, 0.2) is 65.6 Å². The van der Waals surface area contributed by atoms with Crippen molar-refractivity contribution in [1.29, 1.82) is 0 Å². The number of hydrogen-bond acceptors (Lipinski definition) is 4. The van der Waals surface area contributed by atoms with E-state index in [9.17, 15) is 14.4 Å². The predicted molar refractivity (Wildman–Crippen MR) is 110 cm³/mol. The van der Waals surface area contributed by atoms with Gasteiger partial charge in [0.05, 0.1) is 0 Å². The van der Waals surface area contributed by atoms with Crippen molar-refractivity contribution in [3.63, 3.8) is 0 Å². The number of carbonyl (C=O) groups excluding carboxylic acids is 2. The van der Waals surface area contributed by atoms with Crippen molar-refractivity contribution in [2.24, 2.45) is 0 Å². The summed E-state index contributed by atoms with van der Waals surface area (Å²) in [5.74, 6) is -1.15. The van der Waals surface area contributed by atoms with Crippen LogP contribution in [0.25, 0.3) is 21.7 Å². The van der Waals surface area contributed by atoms with Crippen LogP contribution in [0, 0.1) is 0 Å². The number of nitrogens with one attached hydrogen (secondary N) is 3. The van der Waals surface area contributed by atoms with Crippen LogP contribution in [0.2, 0.25) is 0 Å². The molecular weight excluding hydrogens is 370 g/mol. The standard InChI is InChI=1S/C22H19N3O4/c26-20(23-10-9-15-12-24-18-8-4-3-6-16(15)18)13-29-22(28)19-11-14-5-1-2-7-17(14)21(27)25-19/h1-8,11-12,24H,9-10,13H2,(H,23,26)(H,25,27). The highest BCUT2D eigenvalue weighted by Crippen LogP contribution is 2.17. The molecule has 146 valence electrons. The minimum absolute atomic E-state index is 0.0142. The average Bonchev–Trinajstić information content (AvgIpc) is 3.15. The summed E-state index contributed by atoms with van der Waals surface area (Å²) in [6.07, 6.45) is 2.58. The van der Waals surface area contributed by atoms with Crippen molar-refractivity contribution in [2.45, 2.75) is 6.42 Å². The zero-order valence-electron chi connectivity index (χ0n) is 15.5. The molecule has 2 heterocycles. The van der Waals surface area contributed by atoms with Gasteiger partial charge in [-0.25, -0.2) is 4.79 Å². The first kappa shape index (κ1) is 18.5. The van der Waals surface area contributed by atoms with Crippen LogP contribution in [-0.4, -0.2) is 35.0 Å². The fourth-order valence-electron chi connectivity index (χ4n) is 3.26. The minimum Gasteiger partial charge on any atom is -0.451 e. The molecule has 2 aromatic carbocycles. The van der Waals surface area contributed by atoms with Gasteiger partial charge < -0.3 is 20.0 Å². The summed E-state index contributed by atoms with van der Waals surface area (Å²) in [6.45, 7) is 0.00656. The molecule has 3 N–H and O–H groups in total. The van der Waals surface area contributed by atoms with E-state index in [0.29, 0.717) is 23.7 Å². The number of aromatic amines is 2. The lowest BCUT2D eigenvalue weighted by Gasteiger charge is -2.07. The van der Waals surface area contributed by atoms with E-state index in [-0.39, 0.29) is 11.3 Å². The van der Waals surface area contributed by atoms with Crippen LogP contribution in [-0.2, 0) is 16.0 Å². The number of para-hydroxylation sites is 1. The van der Waals surface area contributed by atoms with Crippen molar-refractivity contribution in [3.05, 3.63) is 82.4 Å². The average molecular weight is 389 g/mol. The van der Waals surface area contributed by atoms with E-state index in [1.807, 2.05) is 30.5 Å². The van der Waals surface area contributed by atoms with Crippen LogP contribution in [0.4, 0.5) is 0 Å². The van der Waals surface area contributed by atoms with E-state index in [2.05, 4.69) is 15.3 Å². The molecule has 0 aliphatic carbocycles. The topological polar surface area (TPSA) is 104 Å². The molecule has 1 amide bonds. The summed E-state index contributed by atoms with van der Waals surface area (Å²) < 4.78 is 5.02. The number of aromatic nitrogens is 2. The Morgan fingerprint density at radius 3 is 2.62 bits per heavy atom. The summed E-state index contributed by atoms with van der Waals surface area (Å²) >= 11 is 0. The highest BCUT2D eigenvalue weighted by Gasteiger charge is 2.13. The van der Waals surface area contributed by atoms with E-state index in [1.165, 1.54) is 6.07 Å². The molecule has 0 unspecified atom stereocenters. The highest BCUT2D eigenvalue weighted by molar-refractivity contribution is 5.94. The SMILES string of the molecule is O=C(COC(=O)c1cc2ccccc2c(=O)[nH]1)NCCc1c[nH]c2ccccc12. The molecule has 2 aromatic heterocycles. The number of fused-ring (bicyclic) bond motifs is 2. The summed E-state index contributed by atoms with van der Waals surface area (Å²) in [4.78, 5) is 41.9. The van der Waals surface area contributed by atoms with Gasteiger partial charge in [0.25, 0.3) is 11.5 Å². The van der Waals surface area contributed by atoms with Crippen molar-refractivity contribution in [3.8, 4) is 0 Å². The minimum atomic E-state index is -0.750. The predicted octanol–water partition coefficient (Wildman–Crippen LogP) is 2.53. The van der Waals surface area contributed by atoms with Gasteiger partial charge in [0.15, 0.2) is 6.61 Å². The smallest absolute Gasteiger partial charge is 0.355 e. The zero-order chi connectivity index (χ0) is 20.2. The van der Waals surface area contributed by atoms with E-state index in [0.717, 1.165) is 16.5 Å². The van der Waals surface area contributed by atoms with Crippen LogP contribution in [0.5, 0.6) is 0 Å². The van der Waals surface area contributed by atoms with E-state index in [1.54, 1.807) is 24.3 Å². The number of rotatable bonds is 6. The molecule has 4 aromatic rings. The van der Waals surface area contributed by atoms with Gasteiger partial charge >= 0.3 is 5.97 Å². The third-order valence-corrected chi connectivity index (χ3v) is 4.70. The molecule has 7 nitrogen and oxygen atoms in total. The van der Waals surface area contributed by atoms with E-state index >= 15 is 0 Å². The molecule has 0 saturated heterocycles. The monoisotopic (exact) mass is 389 g/mol. The maximum Gasteiger partial charge on any atom is 0.355 e. The first-order valence-electron chi connectivity index (χ1n) is 9.23. The molecule has 0 spiro atoms. The molecule has 7 heteroatoms. The van der Waals surface area contributed by atoms with Crippen molar-refractivity contribution >= 4 is 33.6 Å². The number of esters is 1. The van der Waals surface area contributed by atoms with Crippen LogP contribution < -0.4 is 10.9 Å².